The van der Waals surface area contributed by atoms with Crippen molar-refractivity contribution >= 4 is 17.7 Å². The van der Waals surface area contributed by atoms with Crippen molar-refractivity contribution in [3.63, 3.8) is 0 Å². The molecule has 0 aromatic heterocycles. The van der Waals surface area contributed by atoms with Gasteiger partial charge in [-0.15, -0.1) is 5.73 Å². The Hall–Kier alpha value is -0.420. The average Bonchev–Trinajstić information content (AvgIpc) is 2.44. The summed E-state index contributed by atoms with van der Waals surface area (Å²) in [6, 6.07) is 0. The molecular weight excluding hydrogens is 327 g/mol. The van der Waals surface area contributed by atoms with Gasteiger partial charge in [0.05, 0.1) is 19.5 Å². The lowest BCUT2D eigenvalue weighted by molar-refractivity contribution is 0.222. The Morgan fingerprint density at radius 3 is 2.14 bits per heavy atom. The van der Waals surface area contributed by atoms with Gasteiger partial charge in [0.1, 0.15) is 11.9 Å². The van der Waals surface area contributed by atoms with Crippen LogP contribution in [0.1, 0.15) is 46.0 Å². The van der Waals surface area contributed by atoms with Gasteiger partial charge in [-0.1, -0.05) is 6.42 Å². The van der Waals surface area contributed by atoms with Gasteiger partial charge < -0.3 is 9.05 Å². The van der Waals surface area contributed by atoms with Crippen LogP contribution in [0.2, 0.25) is 0 Å². The Kier molecular flexibility index (Phi) is 8.04. The minimum atomic E-state index is -3.65. The van der Waals surface area contributed by atoms with Crippen LogP contribution in [0.5, 0.6) is 0 Å². The van der Waals surface area contributed by atoms with Crippen molar-refractivity contribution in [2.75, 3.05) is 26.1 Å². The van der Waals surface area contributed by atoms with Crippen LogP contribution in [-0.2, 0) is 27.9 Å². The Morgan fingerprint density at radius 2 is 1.68 bits per heavy atom. The molecule has 0 saturated heterocycles. The minimum Gasteiger partial charge on any atom is -0.305 e. The van der Waals surface area contributed by atoms with Crippen molar-refractivity contribution < 1.29 is 26.2 Å². The van der Waals surface area contributed by atoms with Gasteiger partial charge in [-0.05, 0) is 45.1 Å². The van der Waals surface area contributed by atoms with E-state index in [1.807, 2.05) is 0 Å². The van der Waals surface area contributed by atoms with Crippen LogP contribution in [0.4, 0.5) is 0 Å². The molecule has 0 atom stereocenters. The van der Waals surface area contributed by atoms with Crippen LogP contribution in [0.25, 0.3) is 0 Å². The highest BCUT2D eigenvalue weighted by molar-refractivity contribution is 7.86. The number of hydrogen-bond acceptors (Lipinski definition) is 6. The van der Waals surface area contributed by atoms with Gasteiger partial charge >= 0.3 is 7.60 Å². The normalized spacial score (nSPS) is 16.4. The van der Waals surface area contributed by atoms with Gasteiger partial charge in [0.15, 0.2) is 0 Å². The van der Waals surface area contributed by atoms with Gasteiger partial charge in [-0.2, -0.15) is 8.42 Å². The van der Waals surface area contributed by atoms with Crippen LogP contribution in [0.15, 0.2) is 16.6 Å². The lowest BCUT2D eigenvalue weighted by Gasteiger charge is -2.19. The predicted octanol–water partition coefficient (Wildman–Crippen LogP) is 3.60. The zero-order valence-corrected chi connectivity index (χ0v) is 15.2. The molecule has 0 heterocycles. The molecule has 1 aliphatic carbocycles. The van der Waals surface area contributed by atoms with E-state index < -0.39 is 17.7 Å². The third-order valence-electron chi connectivity index (χ3n) is 3.12. The van der Waals surface area contributed by atoms with Gasteiger partial charge in [0.2, 0.25) is 0 Å². The summed E-state index contributed by atoms with van der Waals surface area (Å²) in [5, 5.41) is 0.151. The highest BCUT2D eigenvalue weighted by Gasteiger charge is 2.31. The van der Waals surface area contributed by atoms with Gasteiger partial charge in [-0.25, -0.2) is 0 Å². The Labute approximate surface area is 133 Å². The molecule has 0 bridgehead atoms. The molecule has 1 fully saturated rings. The van der Waals surface area contributed by atoms with E-state index in [-0.39, 0.29) is 25.1 Å². The third-order valence-corrected chi connectivity index (χ3v) is 5.76. The van der Waals surface area contributed by atoms with E-state index in [9.17, 15) is 13.0 Å². The first-order chi connectivity index (χ1) is 10.3. The summed E-state index contributed by atoms with van der Waals surface area (Å²) in [7, 11) is -7.24. The lowest BCUT2D eigenvalue weighted by Crippen LogP contribution is -2.09. The molecule has 0 N–H and O–H groups in total. The fourth-order valence-electron chi connectivity index (χ4n) is 2.19. The van der Waals surface area contributed by atoms with Crippen LogP contribution >= 0.6 is 7.60 Å². The van der Waals surface area contributed by atoms with Crippen molar-refractivity contribution in [3.05, 3.63) is 16.6 Å². The fraction of sp³-hybridized carbons (Fsp3) is 0.786. The molecule has 0 aromatic rings. The zero-order valence-electron chi connectivity index (χ0n) is 13.5. The molecule has 6 nitrogen and oxygen atoms in total. The zero-order chi connectivity index (χ0) is 16.6. The average molecular weight is 352 g/mol. The maximum absolute atomic E-state index is 12.9. The predicted molar refractivity (Wildman–Crippen MR) is 85.3 cm³/mol. The minimum absolute atomic E-state index is 0.151. The van der Waals surface area contributed by atoms with Crippen molar-refractivity contribution in [3.8, 4) is 0 Å². The summed E-state index contributed by atoms with van der Waals surface area (Å²) in [5.41, 5.74) is 4.08. The van der Waals surface area contributed by atoms with Gasteiger partial charge in [0.25, 0.3) is 10.1 Å². The summed E-state index contributed by atoms with van der Waals surface area (Å²) < 4.78 is 50.7. The van der Waals surface area contributed by atoms with E-state index in [4.69, 9.17) is 13.2 Å². The quantitative estimate of drug-likeness (QED) is 0.377. The van der Waals surface area contributed by atoms with Crippen LogP contribution in [-0.4, -0.2) is 34.5 Å². The molecule has 0 aliphatic heterocycles. The number of hydrogen-bond donors (Lipinski definition) is 0. The first kappa shape index (κ1) is 19.6. The molecule has 8 heteroatoms. The smallest absolute Gasteiger partial charge is 0.305 e. The molecule has 0 unspecified atom stereocenters. The fourth-order valence-corrected chi connectivity index (χ4v) is 4.19. The van der Waals surface area contributed by atoms with Crippen LogP contribution in [0.3, 0.4) is 0 Å². The summed E-state index contributed by atoms with van der Waals surface area (Å²) >= 11 is 0. The Morgan fingerprint density at radius 1 is 1.14 bits per heavy atom. The molecule has 1 aliphatic rings. The second kappa shape index (κ2) is 9.02. The molecule has 22 heavy (non-hydrogen) atoms. The monoisotopic (exact) mass is 352 g/mol. The highest BCUT2D eigenvalue weighted by Crippen LogP contribution is 2.56. The molecule has 128 valence electrons. The molecule has 0 radical (unpaired) electrons. The maximum atomic E-state index is 12.9. The topological polar surface area (TPSA) is 78.9 Å². The number of rotatable bonds is 8. The molecule has 1 saturated carbocycles. The van der Waals surface area contributed by atoms with Crippen LogP contribution in [0, 0.1) is 0 Å². The summed E-state index contributed by atoms with van der Waals surface area (Å²) in [6.45, 7) is 3.43. The second-order valence-electron chi connectivity index (χ2n) is 5.04. The first-order valence-corrected chi connectivity index (χ1v) is 10.9. The van der Waals surface area contributed by atoms with E-state index in [2.05, 4.69) is 5.73 Å². The van der Waals surface area contributed by atoms with Crippen molar-refractivity contribution in [2.24, 2.45) is 0 Å². The standard InChI is InChI=1S/C14H25O6PS/c1-4-18-21(15,19-5-2)14(12-20-22(3,16)17)11-13-9-7-6-8-10-13/h4-10,12H2,1-3H3. The Bertz CT molecular complexity index is 556. The molecule has 0 aromatic carbocycles. The molecule has 1 rings (SSSR count). The van der Waals surface area contributed by atoms with E-state index in [1.165, 1.54) is 0 Å². The SMILES string of the molecule is CCOP(=O)(OCC)C(=C=C1CCCCC1)COS(C)(=O)=O. The van der Waals surface area contributed by atoms with Crippen molar-refractivity contribution in [1.29, 1.82) is 0 Å². The summed E-state index contributed by atoms with van der Waals surface area (Å²) in [5.74, 6) is 0. The van der Waals surface area contributed by atoms with Gasteiger partial charge in [-0.3, -0.25) is 8.75 Å². The van der Waals surface area contributed by atoms with E-state index in [1.54, 1.807) is 13.8 Å². The first-order valence-electron chi connectivity index (χ1n) is 7.52. The lowest BCUT2D eigenvalue weighted by atomic mass is 9.96. The van der Waals surface area contributed by atoms with Crippen LogP contribution < -0.4 is 0 Å². The van der Waals surface area contributed by atoms with Gasteiger partial charge in [0, 0.05) is 0 Å². The maximum Gasteiger partial charge on any atom is 0.367 e. The summed E-state index contributed by atoms with van der Waals surface area (Å²) in [6.07, 6.45) is 5.94. The Balaban J connectivity index is 3.18. The third kappa shape index (κ3) is 6.78. The molecule has 0 spiro atoms. The van der Waals surface area contributed by atoms with E-state index >= 15 is 0 Å². The molecule has 0 amide bonds. The molecular formula is C14H25O6PS. The highest BCUT2D eigenvalue weighted by atomic mass is 32.2. The summed E-state index contributed by atoms with van der Waals surface area (Å²) in [4.78, 5) is 0. The second-order valence-corrected chi connectivity index (χ2v) is 8.73. The largest absolute Gasteiger partial charge is 0.367 e. The van der Waals surface area contributed by atoms with E-state index in [0.717, 1.165) is 43.9 Å². The van der Waals surface area contributed by atoms with Crippen molar-refractivity contribution in [2.45, 2.75) is 46.0 Å². The van der Waals surface area contributed by atoms with E-state index in [0.29, 0.717) is 0 Å². The van der Waals surface area contributed by atoms with Crippen molar-refractivity contribution in [1.82, 2.24) is 0 Å².